The largest absolute Gasteiger partial charge is 0.469 e. The van der Waals surface area contributed by atoms with Crippen LogP contribution in [0.1, 0.15) is 17.5 Å². The van der Waals surface area contributed by atoms with Crippen molar-refractivity contribution >= 4 is 11.8 Å². The molecule has 0 unspecified atom stereocenters. The zero-order valence-electron chi connectivity index (χ0n) is 12.7. The van der Waals surface area contributed by atoms with Gasteiger partial charge in [-0.25, -0.2) is 0 Å². The van der Waals surface area contributed by atoms with Gasteiger partial charge in [0, 0.05) is 26.3 Å². The maximum absolute atomic E-state index is 11.4. The van der Waals surface area contributed by atoms with E-state index in [2.05, 4.69) is 11.2 Å². The Morgan fingerprint density at radius 1 is 1.41 bits per heavy atom. The molecule has 0 radical (unpaired) electrons. The van der Waals surface area contributed by atoms with Crippen molar-refractivity contribution in [1.82, 2.24) is 9.78 Å². The minimum atomic E-state index is -0.285. The second-order valence-electron chi connectivity index (χ2n) is 4.89. The molecule has 22 heavy (non-hydrogen) atoms. The number of hydrogen-bond donors (Lipinski definition) is 0. The number of rotatable bonds is 6. The van der Waals surface area contributed by atoms with Crippen molar-refractivity contribution < 1.29 is 9.53 Å². The van der Waals surface area contributed by atoms with E-state index in [0.29, 0.717) is 24.5 Å². The summed E-state index contributed by atoms with van der Waals surface area (Å²) in [5.41, 5.74) is 1.57. The van der Waals surface area contributed by atoms with E-state index >= 15 is 0 Å². The van der Waals surface area contributed by atoms with Gasteiger partial charge in [-0.2, -0.15) is 10.4 Å². The molecule has 0 aliphatic rings. The first kappa shape index (κ1) is 15.6. The molecule has 0 atom stereocenters. The van der Waals surface area contributed by atoms with Crippen LogP contribution in [-0.4, -0.2) is 29.4 Å². The lowest BCUT2D eigenvalue weighted by atomic mass is 10.2. The van der Waals surface area contributed by atoms with Crippen LogP contribution in [0.25, 0.3) is 0 Å². The number of anilines is 1. The average Bonchev–Trinajstić information content (AvgIpc) is 2.92. The molecule has 0 spiro atoms. The van der Waals surface area contributed by atoms with Gasteiger partial charge in [-0.15, -0.1) is 0 Å². The molecule has 0 aliphatic heterocycles. The summed E-state index contributed by atoms with van der Waals surface area (Å²) >= 11 is 0. The summed E-state index contributed by atoms with van der Waals surface area (Å²) in [6.45, 7) is 1.01. The summed E-state index contributed by atoms with van der Waals surface area (Å²) in [6, 6.07) is 12.0. The van der Waals surface area contributed by atoms with E-state index in [1.807, 2.05) is 35.2 Å². The second-order valence-corrected chi connectivity index (χ2v) is 4.89. The van der Waals surface area contributed by atoms with Crippen molar-refractivity contribution in [1.29, 1.82) is 5.26 Å². The lowest BCUT2D eigenvalue weighted by molar-refractivity contribution is -0.140. The molecular formula is C16H18N4O2. The Morgan fingerprint density at radius 3 is 2.77 bits per heavy atom. The van der Waals surface area contributed by atoms with Crippen LogP contribution < -0.4 is 4.90 Å². The fourth-order valence-corrected chi connectivity index (χ4v) is 2.18. The number of nitriles is 1. The van der Waals surface area contributed by atoms with Crippen molar-refractivity contribution in [3.63, 3.8) is 0 Å². The van der Waals surface area contributed by atoms with E-state index < -0.39 is 0 Å². The van der Waals surface area contributed by atoms with Crippen molar-refractivity contribution in [2.24, 2.45) is 7.05 Å². The minimum Gasteiger partial charge on any atom is -0.469 e. The molecule has 6 nitrogen and oxygen atoms in total. The summed E-state index contributed by atoms with van der Waals surface area (Å²) in [7, 11) is 3.14. The van der Waals surface area contributed by atoms with Crippen LogP contribution in [-0.2, 0) is 23.1 Å². The Bertz CT molecular complexity index is 673. The molecule has 114 valence electrons. The number of benzene rings is 1. The highest BCUT2D eigenvalue weighted by molar-refractivity contribution is 5.70. The molecule has 2 rings (SSSR count). The molecule has 1 aromatic carbocycles. The van der Waals surface area contributed by atoms with Crippen LogP contribution in [0.5, 0.6) is 0 Å². The van der Waals surface area contributed by atoms with Crippen LogP contribution in [0.2, 0.25) is 0 Å². The zero-order valence-corrected chi connectivity index (χ0v) is 12.7. The number of nitrogens with zero attached hydrogens (tertiary/aromatic N) is 4. The third kappa shape index (κ3) is 3.85. The van der Waals surface area contributed by atoms with Gasteiger partial charge in [0.05, 0.1) is 13.5 Å². The molecule has 0 N–H and O–H groups in total. The monoisotopic (exact) mass is 298 g/mol. The molecular weight excluding hydrogens is 280 g/mol. The van der Waals surface area contributed by atoms with Gasteiger partial charge in [-0.3, -0.25) is 9.48 Å². The fraction of sp³-hybridized carbons (Fsp3) is 0.312. The van der Waals surface area contributed by atoms with E-state index in [1.165, 1.54) is 7.11 Å². The molecule has 0 aliphatic carbocycles. The minimum absolute atomic E-state index is 0.241. The first-order valence-corrected chi connectivity index (χ1v) is 6.93. The van der Waals surface area contributed by atoms with Gasteiger partial charge in [0.15, 0.2) is 5.82 Å². The lowest BCUT2D eigenvalue weighted by Gasteiger charge is -2.22. The number of carbonyl (C=O) groups excluding carboxylic acids is 1. The fourth-order valence-electron chi connectivity index (χ4n) is 2.18. The molecule has 0 amide bonds. The number of carbonyl (C=O) groups is 1. The highest BCUT2D eigenvalue weighted by Gasteiger charge is 2.17. The quantitative estimate of drug-likeness (QED) is 0.761. The van der Waals surface area contributed by atoms with E-state index in [-0.39, 0.29) is 12.4 Å². The van der Waals surface area contributed by atoms with E-state index in [4.69, 9.17) is 4.74 Å². The van der Waals surface area contributed by atoms with Crippen molar-refractivity contribution in [2.45, 2.75) is 13.0 Å². The number of aromatic nitrogens is 2. The lowest BCUT2D eigenvalue weighted by Crippen LogP contribution is -2.27. The van der Waals surface area contributed by atoms with Gasteiger partial charge >= 0.3 is 5.97 Å². The van der Waals surface area contributed by atoms with E-state index in [9.17, 15) is 10.1 Å². The second kappa shape index (κ2) is 7.27. The van der Waals surface area contributed by atoms with Gasteiger partial charge in [0.2, 0.25) is 0 Å². The van der Waals surface area contributed by atoms with E-state index in [0.717, 1.165) is 5.56 Å². The zero-order chi connectivity index (χ0) is 15.9. The Morgan fingerprint density at radius 2 is 2.14 bits per heavy atom. The standard InChI is InChI=1S/C16H18N4O2/c1-19-12-14(10-17)16(18-19)20(9-8-15(21)22-2)11-13-6-4-3-5-7-13/h3-7,12H,8-9,11H2,1-2H3. The maximum Gasteiger partial charge on any atom is 0.307 e. The predicted octanol–water partition coefficient (Wildman–Crippen LogP) is 1.86. The Kier molecular flexibility index (Phi) is 5.15. The summed E-state index contributed by atoms with van der Waals surface area (Å²) < 4.78 is 6.29. The number of esters is 1. The smallest absolute Gasteiger partial charge is 0.307 e. The average molecular weight is 298 g/mol. The SMILES string of the molecule is COC(=O)CCN(Cc1ccccc1)c1nn(C)cc1C#N. The number of aryl methyl sites for hydroxylation is 1. The summed E-state index contributed by atoms with van der Waals surface area (Å²) in [4.78, 5) is 13.3. The molecule has 1 aromatic heterocycles. The Hall–Kier alpha value is -2.81. The highest BCUT2D eigenvalue weighted by atomic mass is 16.5. The molecule has 0 saturated carbocycles. The number of methoxy groups -OCH3 is 1. The van der Waals surface area contributed by atoms with Gasteiger partial charge < -0.3 is 9.64 Å². The maximum atomic E-state index is 11.4. The predicted molar refractivity (Wildman–Crippen MR) is 82.0 cm³/mol. The van der Waals surface area contributed by atoms with Crippen molar-refractivity contribution in [2.75, 3.05) is 18.6 Å². The Balaban J connectivity index is 2.24. The van der Waals surface area contributed by atoms with Gasteiger partial charge in [-0.1, -0.05) is 30.3 Å². The first-order chi connectivity index (χ1) is 10.6. The molecule has 0 bridgehead atoms. The van der Waals surface area contributed by atoms with Crippen LogP contribution in [0, 0.1) is 11.3 Å². The number of ether oxygens (including phenoxy) is 1. The van der Waals surface area contributed by atoms with E-state index in [1.54, 1.807) is 17.9 Å². The molecule has 0 fully saturated rings. The van der Waals surface area contributed by atoms with Crippen molar-refractivity contribution in [3.05, 3.63) is 47.7 Å². The third-order valence-corrected chi connectivity index (χ3v) is 3.26. The summed E-state index contributed by atoms with van der Waals surface area (Å²) in [5.74, 6) is 0.297. The first-order valence-electron chi connectivity index (χ1n) is 6.93. The van der Waals surface area contributed by atoms with Gasteiger partial charge in [0.1, 0.15) is 11.6 Å². The molecule has 1 heterocycles. The van der Waals surface area contributed by atoms with Crippen LogP contribution >= 0.6 is 0 Å². The van der Waals surface area contributed by atoms with Crippen LogP contribution in [0.15, 0.2) is 36.5 Å². The highest BCUT2D eigenvalue weighted by Crippen LogP contribution is 2.20. The van der Waals surface area contributed by atoms with Crippen molar-refractivity contribution in [3.8, 4) is 6.07 Å². The number of hydrogen-bond acceptors (Lipinski definition) is 5. The molecule has 6 heteroatoms. The van der Waals surface area contributed by atoms with Crippen LogP contribution in [0.3, 0.4) is 0 Å². The normalized spacial score (nSPS) is 10.0. The van der Waals surface area contributed by atoms with Gasteiger partial charge in [-0.05, 0) is 5.56 Å². The summed E-state index contributed by atoms with van der Waals surface area (Å²) in [6.07, 6.45) is 1.91. The van der Waals surface area contributed by atoms with Crippen LogP contribution in [0.4, 0.5) is 5.82 Å². The molecule has 2 aromatic rings. The topological polar surface area (TPSA) is 71.2 Å². The molecule has 0 saturated heterocycles. The summed E-state index contributed by atoms with van der Waals surface area (Å²) in [5, 5.41) is 13.6. The third-order valence-electron chi connectivity index (χ3n) is 3.26. The van der Waals surface area contributed by atoms with Gasteiger partial charge in [0.25, 0.3) is 0 Å². The Labute approximate surface area is 129 Å².